The fourth-order valence-corrected chi connectivity index (χ4v) is 11.5. The molecule has 2 bridgehead atoms. The molecule has 62 heavy (non-hydrogen) atoms. The second kappa shape index (κ2) is 15.6. The second-order valence-corrected chi connectivity index (χ2v) is 19.2. The number of hydrogen-bond donors (Lipinski definition) is 2. The van der Waals surface area contributed by atoms with Gasteiger partial charge in [-0.05, 0) is 74.4 Å². The number of carbonyl (C=O) groups is 5. The first-order chi connectivity index (χ1) is 29.5. The van der Waals surface area contributed by atoms with Crippen molar-refractivity contribution in [1.29, 1.82) is 5.26 Å². The fraction of sp³-hybridized carbons (Fsp3) is 0.511. The fourth-order valence-electron chi connectivity index (χ4n) is 11.3. The number of carbonyl (C=O) groups excluding carboxylic acids is 5. The average molecular weight is 866 g/mol. The molecule has 4 saturated heterocycles. The topological polar surface area (TPSA) is 181 Å². The summed E-state index contributed by atoms with van der Waals surface area (Å²) in [4.78, 5) is 72.0. The second-order valence-electron chi connectivity index (χ2n) is 18.8. The number of nitriles is 1. The van der Waals surface area contributed by atoms with Crippen LogP contribution in [0.25, 0.3) is 0 Å². The summed E-state index contributed by atoms with van der Waals surface area (Å²) in [5, 5.41) is 23.7. The molecule has 1 saturated carbocycles. The van der Waals surface area contributed by atoms with Crippen LogP contribution in [0.4, 0.5) is 15.9 Å². The van der Waals surface area contributed by atoms with E-state index in [0.717, 1.165) is 75.2 Å². The lowest BCUT2D eigenvalue weighted by molar-refractivity contribution is -0.164. The molecule has 3 aromatic rings. The van der Waals surface area contributed by atoms with E-state index in [2.05, 4.69) is 69.3 Å². The maximum Gasteiger partial charge on any atom is 0.272 e. The highest BCUT2D eigenvalue weighted by Gasteiger charge is 2.64. The number of likely N-dealkylation sites (tertiary alicyclic amines) is 1. The molecule has 324 valence electrons. The molecule has 9 rings (SSSR count). The zero-order valence-corrected chi connectivity index (χ0v) is 35.9. The Bertz CT molecular complexity index is 2380. The largest absolute Gasteiger partial charge is 0.489 e. The summed E-state index contributed by atoms with van der Waals surface area (Å²) in [6.07, 6.45) is 3.52. The third kappa shape index (κ3) is 7.12. The van der Waals surface area contributed by atoms with E-state index in [1.165, 1.54) is 6.07 Å². The van der Waals surface area contributed by atoms with Gasteiger partial charge in [0.25, 0.3) is 17.7 Å². The molecule has 5 aliphatic heterocycles. The maximum absolute atomic E-state index is 15.8. The number of nitrogens with one attached hydrogen (secondary N) is 2. The van der Waals surface area contributed by atoms with Gasteiger partial charge in [-0.3, -0.25) is 39.1 Å². The Balaban J connectivity index is 0.767. The van der Waals surface area contributed by atoms with Gasteiger partial charge in [-0.15, -0.1) is 10.2 Å². The van der Waals surface area contributed by atoms with Crippen LogP contribution in [0.5, 0.6) is 5.75 Å². The first-order valence-electron chi connectivity index (χ1n) is 21.4. The molecule has 1 aromatic heterocycles. The molecule has 6 heterocycles. The van der Waals surface area contributed by atoms with Crippen molar-refractivity contribution in [3.05, 3.63) is 75.7 Å². The number of benzene rings is 2. The highest BCUT2D eigenvalue weighted by molar-refractivity contribution is 6.31. The van der Waals surface area contributed by atoms with Crippen LogP contribution in [0.3, 0.4) is 0 Å². The van der Waals surface area contributed by atoms with Crippen molar-refractivity contribution in [3.63, 3.8) is 0 Å². The molecule has 2 N–H and O–H groups in total. The number of amides is 5. The molecule has 3 atom stereocenters. The summed E-state index contributed by atoms with van der Waals surface area (Å²) in [6.45, 7) is 12.2. The molecule has 5 fully saturated rings. The van der Waals surface area contributed by atoms with E-state index in [-0.39, 0.29) is 59.8 Å². The standard InChI is InChI=1S/C45H49ClFN9O6/c1-44(2)42(45(3,4)43(44)62-28-8-5-25(20-48)31(46)17-28)50-38(58)33-9-11-36(52-51-33)54-15-13-24(14-16-54)21-53-22-26-6-7-27(23-53)55(26)35-19-30-29(18-32(35)47)40(60)56(41(30)61)34-10-12-37(57)49-39(34)59/h5,8-9,11,17-19,24,26-27,34,42-43H,6-7,10,12-16,21-23H2,1-4H3,(H,50,58)(H,49,57,59). The van der Waals surface area contributed by atoms with Gasteiger partial charge >= 0.3 is 0 Å². The van der Waals surface area contributed by atoms with Gasteiger partial charge in [-0.1, -0.05) is 39.3 Å². The number of piperazine rings is 1. The molecule has 2 aromatic carbocycles. The lowest BCUT2D eigenvalue weighted by Gasteiger charge is -2.63. The number of anilines is 2. The molecule has 17 heteroatoms. The zero-order valence-electron chi connectivity index (χ0n) is 35.1. The molecular formula is C45H49ClFN9O6. The molecular weight excluding hydrogens is 817 g/mol. The molecule has 1 aliphatic carbocycles. The monoisotopic (exact) mass is 865 g/mol. The van der Waals surface area contributed by atoms with Gasteiger partial charge in [0.1, 0.15) is 29.8 Å². The van der Waals surface area contributed by atoms with Crippen molar-refractivity contribution in [2.24, 2.45) is 16.7 Å². The maximum atomic E-state index is 15.8. The zero-order chi connectivity index (χ0) is 43.8. The summed E-state index contributed by atoms with van der Waals surface area (Å²) >= 11 is 6.25. The average Bonchev–Trinajstić information content (AvgIpc) is 3.64. The molecule has 6 aliphatic rings. The third-order valence-electron chi connectivity index (χ3n) is 14.1. The normalized spacial score (nSPS) is 26.8. The molecule has 0 spiro atoms. The van der Waals surface area contributed by atoms with Crippen LogP contribution in [-0.2, 0) is 9.59 Å². The van der Waals surface area contributed by atoms with Gasteiger partial charge in [0.2, 0.25) is 11.8 Å². The van der Waals surface area contributed by atoms with Gasteiger partial charge in [-0.2, -0.15) is 5.26 Å². The third-order valence-corrected chi connectivity index (χ3v) is 14.4. The van der Waals surface area contributed by atoms with Crippen LogP contribution in [0, 0.1) is 33.9 Å². The highest BCUT2D eigenvalue weighted by Crippen LogP contribution is 2.55. The summed E-state index contributed by atoms with van der Waals surface area (Å²) in [5.74, 6) is -1.63. The smallest absolute Gasteiger partial charge is 0.272 e. The van der Waals surface area contributed by atoms with Gasteiger partial charge in [0, 0.05) is 74.2 Å². The number of rotatable bonds is 9. The van der Waals surface area contributed by atoms with Crippen molar-refractivity contribution < 1.29 is 33.1 Å². The van der Waals surface area contributed by atoms with Crippen LogP contribution in [0.15, 0.2) is 42.5 Å². The van der Waals surface area contributed by atoms with Crippen LogP contribution in [-0.4, -0.2) is 113 Å². The van der Waals surface area contributed by atoms with Gasteiger partial charge < -0.3 is 19.9 Å². The van der Waals surface area contributed by atoms with Crippen molar-refractivity contribution in [3.8, 4) is 11.8 Å². The number of fused-ring (bicyclic) bond motifs is 3. The number of imide groups is 2. The van der Waals surface area contributed by atoms with Gasteiger partial charge in [-0.25, -0.2) is 4.39 Å². The number of nitrogens with zero attached hydrogens (tertiary/aromatic N) is 7. The lowest BCUT2D eigenvalue weighted by Crippen LogP contribution is -2.74. The van der Waals surface area contributed by atoms with Gasteiger partial charge in [0.05, 0.1) is 27.4 Å². The summed E-state index contributed by atoms with van der Waals surface area (Å²) < 4.78 is 22.2. The number of ether oxygens (including phenoxy) is 1. The number of aromatic nitrogens is 2. The number of hydrogen-bond acceptors (Lipinski definition) is 12. The predicted octanol–water partition coefficient (Wildman–Crippen LogP) is 4.72. The number of piperidine rings is 2. The molecule has 0 radical (unpaired) electrons. The Hall–Kier alpha value is -5.66. The Morgan fingerprint density at radius 3 is 2.23 bits per heavy atom. The molecule has 5 amide bonds. The SMILES string of the molecule is CC1(C)C(NC(=O)c2ccc(N3CCC(CN4CC5CCC(C4)N5c4cc5c(cc4F)C(=O)N(C4CCC(=O)NC4=O)C5=O)CC3)nn2)C(C)(C)C1Oc1ccc(C#N)c(Cl)c1. The molecule has 3 unspecified atom stereocenters. The van der Waals surface area contributed by atoms with Crippen LogP contribution in [0.2, 0.25) is 5.02 Å². The van der Waals surface area contributed by atoms with Crippen molar-refractivity contribution in [1.82, 2.24) is 30.6 Å². The minimum absolute atomic E-state index is 0.0132. The van der Waals surface area contributed by atoms with Crippen molar-refractivity contribution >= 4 is 52.6 Å². The van der Waals surface area contributed by atoms with Crippen LogP contribution < -0.4 is 25.2 Å². The molecule has 15 nitrogen and oxygen atoms in total. The van der Waals surface area contributed by atoms with E-state index in [1.54, 1.807) is 24.3 Å². The summed E-state index contributed by atoms with van der Waals surface area (Å²) in [7, 11) is 0. The predicted molar refractivity (Wildman–Crippen MR) is 225 cm³/mol. The van der Waals surface area contributed by atoms with E-state index in [1.807, 2.05) is 6.07 Å². The van der Waals surface area contributed by atoms with Crippen LogP contribution >= 0.6 is 11.6 Å². The summed E-state index contributed by atoms with van der Waals surface area (Å²) in [5.41, 5.74) is 0.117. The lowest BCUT2D eigenvalue weighted by atomic mass is 9.49. The van der Waals surface area contributed by atoms with Crippen molar-refractivity contribution in [2.75, 3.05) is 42.5 Å². The Morgan fingerprint density at radius 2 is 1.61 bits per heavy atom. The van der Waals surface area contributed by atoms with Crippen LogP contribution in [0.1, 0.15) is 103 Å². The Labute approximate surface area is 363 Å². The van der Waals surface area contributed by atoms with Gasteiger partial charge in [0.15, 0.2) is 11.5 Å². The first kappa shape index (κ1) is 41.7. The highest BCUT2D eigenvalue weighted by atomic mass is 35.5. The Morgan fingerprint density at radius 1 is 0.935 bits per heavy atom. The quantitative estimate of drug-likeness (QED) is 0.283. The van der Waals surface area contributed by atoms with Crippen molar-refractivity contribution in [2.45, 2.75) is 96.5 Å². The van der Waals surface area contributed by atoms with E-state index in [0.29, 0.717) is 27.9 Å². The van der Waals surface area contributed by atoms with E-state index in [4.69, 9.17) is 16.3 Å². The Kier molecular flexibility index (Phi) is 10.5. The number of halogens is 2. The van der Waals surface area contributed by atoms with E-state index < -0.39 is 46.3 Å². The van der Waals surface area contributed by atoms with E-state index >= 15 is 4.39 Å². The minimum atomic E-state index is -1.11. The summed E-state index contributed by atoms with van der Waals surface area (Å²) in [6, 6.07) is 12.0. The minimum Gasteiger partial charge on any atom is -0.489 e. The first-order valence-corrected chi connectivity index (χ1v) is 21.7. The van der Waals surface area contributed by atoms with E-state index in [9.17, 15) is 29.2 Å².